The Kier molecular flexibility index (Phi) is 6.37. The van der Waals surface area contributed by atoms with Crippen molar-refractivity contribution in [3.8, 4) is 0 Å². The van der Waals surface area contributed by atoms with Gasteiger partial charge in [-0.2, -0.15) is 43.9 Å². The van der Waals surface area contributed by atoms with Crippen molar-refractivity contribution in [2.75, 3.05) is 5.32 Å². The molecule has 0 fully saturated rings. The van der Waals surface area contributed by atoms with Crippen LogP contribution in [0.5, 0.6) is 0 Å². The lowest BCUT2D eigenvalue weighted by Gasteiger charge is -2.38. The summed E-state index contributed by atoms with van der Waals surface area (Å²) in [4.78, 5) is 22.1. The van der Waals surface area contributed by atoms with Gasteiger partial charge in [-0.25, -0.2) is 8.78 Å². The van der Waals surface area contributed by atoms with E-state index in [4.69, 9.17) is 5.73 Å². The molecule has 0 saturated heterocycles. The van der Waals surface area contributed by atoms with Crippen LogP contribution in [0, 0.1) is 0 Å². The minimum absolute atomic E-state index is 0.287. The number of hydrogen-bond acceptors (Lipinski definition) is 2. The third-order valence-corrected chi connectivity index (χ3v) is 3.59. The summed E-state index contributed by atoms with van der Waals surface area (Å²) in [5.74, 6) is -41.4. The van der Waals surface area contributed by atoms with Crippen LogP contribution >= 0.6 is 0 Å². The van der Waals surface area contributed by atoms with Crippen molar-refractivity contribution < 1.29 is 62.3 Å². The highest BCUT2D eigenvalue weighted by Gasteiger charge is 2.89. The molecule has 3 N–H and O–H groups in total. The zero-order valence-electron chi connectivity index (χ0n) is 13.8. The monoisotopic (exact) mass is 464 g/mol. The molecule has 0 unspecified atom stereocenters. The lowest BCUT2D eigenvalue weighted by Crippen LogP contribution is -2.70. The molecule has 0 aliphatic rings. The van der Waals surface area contributed by atoms with Gasteiger partial charge in [0.1, 0.15) is 0 Å². The molecule has 0 saturated carbocycles. The molecule has 0 aliphatic heterocycles. The van der Waals surface area contributed by atoms with Crippen molar-refractivity contribution in [3.63, 3.8) is 0 Å². The summed E-state index contributed by atoms with van der Waals surface area (Å²) in [6.07, 6.45) is -5.64. The Morgan fingerprint density at radius 1 is 0.767 bits per heavy atom. The Balaban J connectivity index is 3.30. The predicted octanol–water partition coefficient (Wildman–Crippen LogP) is 4.17. The molecule has 4 nitrogen and oxygen atoms in total. The van der Waals surface area contributed by atoms with Gasteiger partial charge in [0.05, 0.1) is 0 Å². The summed E-state index contributed by atoms with van der Waals surface area (Å²) >= 11 is 0. The van der Waals surface area contributed by atoms with Crippen LogP contribution in [-0.4, -0.2) is 47.9 Å². The van der Waals surface area contributed by atoms with Crippen molar-refractivity contribution >= 4 is 17.5 Å². The number of benzene rings is 1. The zero-order chi connectivity index (χ0) is 23.9. The van der Waals surface area contributed by atoms with Gasteiger partial charge in [0.15, 0.2) is 0 Å². The number of alkyl halides is 12. The Hall–Kier alpha value is -2.68. The first-order chi connectivity index (χ1) is 13.2. The normalized spacial score (nSPS) is 14.0. The summed E-state index contributed by atoms with van der Waals surface area (Å²) < 4.78 is 156. The maximum atomic E-state index is 13.6. The van der Waals surface area contributed by atoms with E-state index in [1.54, 1.807) is 0 Å². The van der Waals surface area contributed by atoms with Crippen molar-refractivity contribution in [2.45, 2.75) is 36.0 Å². The first-order valence-electron chi connectivity index (χ1n) is 7.13. The van der Waals surface area contributed by atoms with Gasteiger partial charge in [-0.05, 0) is 24.3 Å². The Morgan fingerprint density at radius 2 is 1.20 bits per heavy atom. The van der Waals surface area contributed by atoms with Crippen LogP contribution in [0.2, 0.25) is 0 Å². The van der Waals surface area contributed by atoms with Gasteiger partial charge in [0, 0.05) is 11.3 Å². The third kappa shape index (κ3) is 3.74. The summed E-state index contributed by atoms with van der Waals surface area (Å²) in [6.45, 7) is 0. The Bertz CT molecular complexity index is 808. The third-order valence-electron chi connectivity index (χ3n) is 3.59. The summed E-state index contributed by atoms with van der Waals surface area (Å²) in [5, 5.41) is 0.905. The lowest BCUT2D eigenvalue weighted by atomic mass is 9.94. The van der Waals surface area contributed by atoms with Gasteiger partial charge >= 0.3 is 41.9 Å². The van der Waals surface area contributed by atoms with Crippen LogP contribution in [0.15, 0.2) is 24.3 Å². The molecule has 1 aromatic rings. The van der Waals surface area contributed by atoms with Gasteiger partial charge in [0.2, 0.25) is 5.91 Å². The van der Waals surface area contributed by atoms with E-state index < -0.39 is 53.5 Å². The number of amides is 2. The van der Waals surface area contributed by atoms with Crippen molar-refractivity contribution in [3.05, 3.63) is 29.8 Å². The van der Waals surface area contributed by atoms with E-state index in [2.05, 4.69) is 0 Å². The zero-order valence-corrected chi connectivity index (χ0v) is 13.8. The summed E-state index contributed by atoms with van der Waals surface area (Å²) in [5.41, 5.74) is 3.68. The highest BCUT2D eigenvalue weighted by molar-refractivity contribution is 5.98. The number of carbonyl (C=O) groups is 2. The van der Waals surface area contributed by atoms with Crippen LogP contribution in [0.1, 0.15) is 10.4 Å². The van der Waals surface area contributed by atoms with Crippen molar-refractivity contribution in [1.82, 2.24) is 0 Å². The quantitative estimate of drug-likeness (QED) is 0.568. The summed E-state index contributed by atoms with van der Waals surface area (Å²) in [7, 11) is 0. The topological polar surface area (TPSA) is 72.2 Å². The van der Waals surface area contributed by atoms with E-state index in [1.165, 1.54) is 0 Å². The van der Waals surface area contributed by atoms with Gasteiger partial charge in [-0.1, -0.05) is 0 Å². The minimum atomic E-state index is -7.81. The van der Waals surface area contributed by atoms with Gasteiger partial charge in [-0.3, -0.25) is 9.59 Å². The van der Waals surface area contributed by atoms with Gasteiger partial charge < -0.3 is 11.1 Å². The number of nitrogens with two attached hydrogens (primary N) is 1. The fourth-order valence-corrected chi connectivity index (χ4v) is 1.81. The second-order valence-corrected chi connectivity index (χ2v) is 5.62. The first-order valence-corrected chi connectivity index (χ1v) is 7.13. The molecular weight excluding hydrogens is 456 g/mol. The largest absolute Gasteiger partial charge is 0.393 e. The molecule has 0 aromatic heterocycles. The fourth-order valence-electron chi connectivity index (χ4n) is 1.81. The number of nitrogens with one attached hydrogen (secondary N) is 1. The molecule has 0 atom stereocenters. The smallest absolute Gasteiger partial charge is 0.366 e. The second kappa shape index (κ2) is 7.54. The number of carbonyl (C=O) groups excluding carboxylic acids is 2. The molecule has 0 bridgehead atoms. The van der Waals surface area contributed by atoms with Crippen LogP contribution < -0.4 is 11.1 Å². The number of rotatable bonds is 8. The van der Waals surface area contributed by atoms with Crippen LogP contribution in [0.3, 0.4) is 0 Å². The number of anilines is 1. The molecule has 0 spiro atoms. The van der Waals surface area contributed by atoms with E-state index in [0.29, 0.717) is 12.1 Å². The van der Waals surface area contributed by atoms with E-state index in [9.17, 15) is 62.3 Å². The molecule has 1 rings (SSSR count). The highest BCUT2D eigenvalue weighted by Crippen LogP contribution is 2.58. The molecular formula is C14H8F12N2O2. The molecule has 0 aliphatic carbocycles. The van der Waals surface area contributed by atoms with Gasteiger partial charge in [-0.15, -0.1) is 0 Å². The van der Waals surface area contributed by atoms with E-state index in [0.717, 1.165) is 17.4 Å². The molecule has 16 heteroatoms. The van der Waals surface area contributed by atoms with Crippen molar-refractivity contribution in [2.24, 2.45) is 5.73 Å². The van der Waals surface area contributed by atoms with Gasteiger partial charge in [0.25, 0.3) is 0 Å². The molecule has 1 aromatic carbocycles. The Labute approximate surface area is 158 Å². The van der Waals surface area contributed by atoms with Crippen LogP contribution in [0.25, 0.3) is 0 Å². The highest BCUT2D eigenvalue weighted by atomic mass is 19.4. The summed E-state index contributed by atoms with van der Waals surface area (Å²) in [6, 6.07) is 2.67. The Morgan fingerprint density at radius 3 is 1.57 bits per heavy atom. The average molecular weight is 464 g/mol. The van der Waals surface area contributed by atoms with Crippen LogP contribution in [-0.2, 0) is 4.79 Å². The maximum Gasteiger partial charge on any atom is 0.393 e. The standard InChI is InChI=1S/C14H8F12N2O2/c15-8(16)10(17,18)12(21,22)14(25,26)13(23,24)11(19,20)9(30)28-6-3-1-5(2-4-6)7(27)29/h1-4,8H,(H2,27,29)(H,28,30). The maximum absolute atomic E-state index is 13.6. The molecule has 2 amide bonds. The SMILES string of the molecule is NC(=O)c1ccc(NC(=O)C(F)(F)C(F)(F)C(F)(F)C(F)(F)C(F)(F)C(F)F)cc1. The second-order valence-electron chi connectivity index (χ2n) is 5.62. The predicted molar refractivity (Wildman–Crippen MR) is 74.3 cm³/mol. The minimum Gasteiger partial charge on any atom is -0.366 e. The van der Waals surface area contributed by atoms with E-state index in [1.807, 2.05) is 0 Å². The fraction of sp³-hybridized carbons (Fsp3) is 0.429. The lowest BCUT2D eigenvalue weighted by molar-refractivity contribution is -0.406. The molecule has 0 heterocycles. The molecule has 170 valence electrons. The average Bonchev–Trinajstić information content (AvgIpc) is 2.61. The molecule has 0 radical (unpaired) electrons. The number of halogens is 12. The van der Waals surface area contributed by atoms with E-state index >= 15 is 0 Å². The molecule has 30 heavy (non-hydrogen) atoms. The first kappa shape index (κ1) is 25.4. The van der Waals surface area contributed by atoms with E-state index in [-0.39, 0.29) is 5.56 Å². The van der Waals surface area contributed by atoms with Crippen LogP contribution in [0.4, 0.5) is 58.4 Å². The number of hydrogen-bond donors (Lipinski definition) is 2. The van der Waals surface area contributed by atoms with Crippen molar-refractivity contribution in [1.29, 1.82) is 0 Å². The number of primary amides is 1.